The average molecular weight is 375 g/mol. The van der Waals surface area contributed by atoms with Crippen molar-refractivity contribution in [2.24, 2.45) is 0 Å². The summed E-state index contributed by atoms with van der Waals surface area (Å²) >= 11 is 0. The van der Waals surface area contributed by atoms with Crippen molar-refractivity contribution in [2.45, 2.75) is 12.5 Å². The van der Waals surface area contributed by atoms with Gasteiger partial charge in [0.25, 0.3) is 5.91 Å². The van der Waals surface area contributed by atoms with E-state index < -0.39 is 11.9 Å². The Morgan fingerprint density at radius 1 is 1.00 bits per heavy atom. The summed E-state index contributed by atoms with van der Waals surface area (Å²) in [6.07, 6.45) is 0.112. The number of methoxy groups -OCH3 is 1. The van der Waals surface area contributed by atoms with E-state index >= 15 is 0 Å². The van der Waals surface area contributed by atoms with Gasteiger partial charge in [0.15, 0.2) is 5.78 Å². The Hall–Kier alpha value is -3.47. The van der Waals surface area contributed by atoms with E-state index in [9.17, 15) is 14.0 Å². The van der Waals surface area contributed by atoms with E-state index in [0.717, 1.165) is 5.56 Å². The molecule has 1 aliphatic rings. The van der Waals surface area contributed by atoms with Crippen molar-refractivity contribution >= 4 is 17.4 Å². The van der Waals surface area contributed by atoms with Crippen LogP contribution in [0.1, 0.15) is 38.7 Å². The summed E-state index contributed by atoms with van der Waals surface area (Å²) in [7, 11) is 1.58. The molecule has 0 bridgehead atoms. The number of hydrogen-bond donors (Lipinski definition) is 0. The van der Waals surface area contributed by atoms with E-state index in [-0.39, 0.29) is 18.1 Å². The molecule has 0 saturated carbocycles. The third-order valence-electron chi connectivity index (χ3n) is 4.98. The predicted molar refractivity (Wildman–Crippen MR) is 104 cm³/mol. The first-order valence-electron chi connectivity index (χ1n) is 8.94. The van der Waals surface area contributed by atoms with Gasteiger partial charge in [-0.25, -0.2) is 4.39 Å². The minimum atomic E-state index is -0.422. The van der Waals surface area contributed by atoms with E-state index in [2.05, 4.69) is 0 Å². The standard InChI is InChI=1S/C23H18FNO3/c1-28-18-12-10-17(11-13-18)25-21(19-4-2-3-5-20(19)23(25)27)14-22(26)15-6-8-16(24)9-7-15/h2-13,21H,14H2,1H3. The van der Waals surface area contributed by atoms with Crippen molar-refractivity contribution in [1.29, 1.82) is 0 Å². The molecule has 1 aliphatic heterocycles. The maximum Gasteiger partial charge on any atom is 0.259 e. The van der Waals surface area contributed by atoms with Crippen LogP contribution in [0.2, 0.25) is 0 Å². The lowest BCUT2D eigenvalue weighted by atomic mass is 9.97. The number of carbonyl (C=O) groups excluding carboxylic acids is 2. The van der Waals surface area contributed by atoms with E-state index in [1.165, 1.54) is 24.3 Å². The fraction of sp³-hybridized carbons (Fsp3) is 0.130. The largest absolute Gasteiger partial charge is 0.497 e. The Bertz CT molecular complexity index is 1030. The highest BCUT2D eigenvalue weighted by molar-refractivity contribution is 6.12. The smallest absolute Gasteiger partial charge is 0.259 e. The number of ketones is 1. The van der Waals surface area contributed by atoms with E-state index in [1.54, 1.807) is 42.3 Å². The number of Topliss-reactive ketones (excluding diaryl/α,β-unsaturated/α-hetero) is 1. The SMILES string of the molecule is COc1ccc(N2C(=O)c3ccccc3C2CC(=O)c2ccc(F)cc2)cc1. The number of carbonyl (C=O) groups is 2. The number of hydrogen-bond acceptors (Lipinski definition) is 3. The molecule has 0 N–H and O–H groups in total. The highest BCUT2D eigenvalue weighted by Gasteiger charge is 2.38. The highest BCUT2D eigenvalue weighted by Crippen LogP contribution is 2.40. The van der Waals surface area contributed by atoms with Gasteiger partial charge in [0.1, 0.15) is 11.6 Å². The fourth-order valence-electron chi connectivity index (χ4n) is 3.56. The maximum absolute atomic E-state index is 13.2. The van der Waals surface area contributed by atoms with Gasteiger partial charge in [0.05, 0.1) is 13.2 Å². The Kier molecular flexibility index (Phi) is 4.65. The van der Waals surface area contributed by atoms with Gasteiger partial charge in [0, 0.05) is 23.2 Å². The molecule has 140 valence electrons. The Balaban J connectivity index is 1.70. The topological polar surface area (TPSA) is 46.6 Å². The van der Waals surface area contributed by atoms with E-state index in [1.807, 2.05) is 18.2 Å². The molecule has 3 aromatic rings. The van der Waals surface area contributed by atoms with Crippen LogP contribution < -0.4 is 9.64 Å². The van der Waals surface area contributed by atoms with Crippen LogP contribution in [-0.2, 0) is 0 Å². The molecule has 1 atom stereocenters. The van der Waals surface area contributed by atoms with Gasteiger partial charge in [0.2, 0.25) is 0 Å². The number of halogens is 1. The van der Waals surface area contributed by atoms with Crippen molar-refractivity contribution in [3.63, 3.8) is 0 Å². The molecule has 0 spiro atoms. The number of ether oxygens (including phenoxy) is 1. The molecule has 0 saturated heterocycles. The van der Waals surface area contributed by atoms with Crippen LogP contribution in [0.25, 0.3) is 0 Å². The molecule has 28 heavy (non-hydrogen) atoms. The molecule has 1 heterocycles. The van der Waals surface area contributed by atoms with Crippen LogP contribution in [0.4, 0.5) is 10.1 Å². The molecular weight excluding hydrogens is 357 g/mol. The van der Waals surface area contributed by atoms with Gasteiger partial charge < -0.3 is 9.64 Å². The monoisotopic (exact) mass is 375 g/mol. The minimum absolute atomic E-state index is 0.112. The zero-order valence-electron chi connectivity index (χ0n) is 15.3. The Morgan fingerprint density at radius 3 is 2.36 bits per heavy atom. The lowest BCUT2D eigenvalue weighted by Gasteiger charge is -2.25. The fourth-order valence-corrected chi connectivity index (χ4v) is 3.56. The Morgan fingerprint density at radius 2 is 1.68 bits per heavy atom. The maximum atomic E-state index is 13.2. The quantitative estimate of drug-likeness (QED) is 0.601. The van der Waals surface area contributed by atoms with Gasteiger partial charge >= 0.3 is 0 Å². The highest BCUT2D eigenvalue weighted by atomic mass is 19.1. The molecule has 0 aromatic heterocycles. The number of nitrogens with zero attached hydrogens (tertiary/aromatic N) is 1. The van der Waals surface area contributed by atoms with Crippen LogP contribution in [0, 0.1) is 5.82 Å². The lowest BCUT2D eigenvalue weighted by molar-refractivity contribution is 0.0960. The minimum Gasteiger partial charge on any atom is -0.497 e. The Labute approximate surface area is 162 Å². The van der Waals surface area contributed by atoms with Crippen molar-refractivity contribution in [3.8, 4) is 5.75 Å². The second-order valence-electron chi connectivity index (χ2n) is 6.61. The first-order chi connectivity index (χ1) is 13.6. The van der Waals surface area contributed by atoms with Gasteiger partial charge in [-0.05, 0) is 60.2 Å². The molecule has 1 unspecified atom stereocenters. The number of rotatable bonds is 5. The van der Waals surface area contributed by atoms with Crippen LogP contribution in [0.3, 0.4) is 0 Å². The molecule has 1 amide bonds. The van der Waals surface area contributed by atoms with Crippen molar-refractivity contribution in [1.82, 2.24) is 0 Å². The van der Waals surface area contributed by atoms with Crippen LogP contribution in [0.15, 0.2) is 72.8 Å². The summed E-state index contributed by atoms with van der Waals surface area (Å²) in [4.78, 5) is 27.5. The van der Waals surface area contributed by atoms with Gasteiger partial charge in [-0.1, -0.05) is 18.2 Å². The second-order valence-corrected chi connectivity index (χ2v) is 6.61. The van der Waals surface area contributed by atoms with Crippen LogP contribution >= 0.6 is 0 Å². The molecule has 5 heteroatoms. The molecule has 0 aliphatic carbocycles. The van der Waals surface area contributed by atoms with Crippen molar-refractivity contribution < 1.29 is 18.7 Å². The molecule has 4 rings (SSSR count). The number of amides is 1. The zero-order valence-corrected chi connectivity index (χ0v) is 15.3. The molecule has 4 nitrogen and oxygen atoms in total. The number of fused-ring (bicyclic) bond motifs is 1. The van der Waals surface area contributed by atoms with E-state index in [0.29, 0.717) is 22.6 Å². The van der Waals surface area contributed by atoms with Crippen molar-refractivity contribution in [3.05, 3.63) is 95.3 Å². The molecular formula is C23H18FNO3. The summed E-state index contributed by atoms with van der Waals surface area (Å²) in [6.45, 7) is 0. The number of benzene rings is 3. The zero-order chi connectivity index (χ0) is 19.7. The van der Waals surface area contributed by atoms with E-state index in [4.69, 9.17) is 4.74 Å². The predicted octanol–water partition coefficient (Wildman–Crippen LogP) is 4.81. The van der Waals surface area contributed by atoms with Gasteiger partial charge in [-0.15, -0.1) is 0 Å². The van der Waals surface area contributed by atoms with Crippen molar-refractivity contribution in [2.75, 3.05) is 12.0 Å². The summed E-state index contributed by atoms with van der Waals surface area (Å²) in [5.74, 6) is 0.00957. The normalized spacial score (nSPS) is 15.4. The molecule has 3 aromatic carbocycles. The molecule has 0 radical (unpaired) electrons. The first kappa shape index (κ1) is 17.9. The van der Waals surface area contributed by atoms with Gasteiger partial charge in [-0.2, -0.15) is 0 Å². The lowest BCUT2D eigenvalue weighted by Crippen LogP contribution is -2.29. The summed E-state index contributed by atoms with van der Waals surface area (Å²) in [5, 5.41) is 0. The first-order valence-corrected chi connectivity index (χ1v) is 8.94. The third kappa shape index (κ3) is 3.16. The van der Waals surface area contributed by atoms with Crippen LogP contribution in [0.5, 0.6) is 5.75 Å². The van der Waals surface area contributed by atoms with Gasteiger partial charge in [-0.3, -0.25) is 9.59 Å². The van der Waals surface area contributed by atoms with Crippen LogP contribution in [-0.4, -0.2) is 18.8 Å². The third-order valence-corrected chi connectivity index (χ3v) is 4.98. The molecule has 0 fully saturated rings. The average Bonchev–Trinajstić information content (AvgIpc) is 3.00. The second kappa shape index (κ2) is 7.27. The summed E-state index contributed by atoms with van der Waals surface area (Å²) in [6, 6.07) is 19.5. The number of anilines is 1. The summed E-state index contributed by atoms with van der Waals surface area (Å²) < 4.78 is 18.4. The summed E-state index contributed by atoms with van der Waals surface area (Å²) in [5.41, 5.74) is 2.53.